The van der Waals surface area contributed by atoms with Gasteiger partial charge >= 0.3 is 0 Å². The molecule has 2 aromatic rings. The summed E-state index contributed by atoms with van der Waals surface area (Å²) in [6.07, 6.45) is 10.4. The second-order valence-electron chi connectivity index (χ2n) is 8.29. The number of hydrogen-bond donors (Lipinski definition) is 0. The molecular formula is C23H34N4O2S. The monoisotopic (exact) mass is 430 g/mol. The molecule has 2 aliphatic rings. The number of hydrogen-bond acceptors (Lipinski definition) is 6. The fraction of sp³-hybridized carbons (Fsp3) is 0.652. The molecule has 0 N–H and O–H groups in total. The Morgan fingerprint density at radius 1 is 0.933 bits per heavy atom. The summed E-state index contributed by atoms with van der Waals surface area (Å²) in [4.78, 5) is 2.59. The summed E-state index contributed by atoms with van der Waals surface area (Å²) in [7, 11) is 3.34. The van der Waals surface area contributed by atoms with Gasteiger partial charge in [0.05, 0.1) is 14.2 Å². The number of rotatable bonds is 8. The van der Waals surface area contributed by atoms with Crippen LogP contribution in [0.1, 0.15) is 57.4 Å². The predicted octanol–water partition coefficient (Wildman–Crippen LogP) is 5.05. The van der Waals surface area contributed by atoms with Crippen LogP contribution in [0.3, 0.4) is 0 Å². The van der Waals surface area contributed by atoms with E-state index >= 15 is 0 Å². The van der Waals surface area contributed by atoms with E-state index in [9.17, 15) is 0 Å². The fourth-order valence-electron chi connectivity index (χ4n) is 4.67. The predicted molar refractivity (Wildman–Crippen MR) is 122 cm³/mol. The van der Waals surface area contributed by atoms with Crippen molar-refractivity contribution in [3.05, 3.63) is 18.2 Å². The van der Waals surface area contributed by atoms with Crippen molar-refractivity contribution in [3.8, 4) is 22.9 Å². The molecule has 2 fully saturated rings. The van der Waals surface area contributed by atoms with Crippen LogP contribution in [0.5, 0.6) is 11.5 Å². The maximum atomic E-state index is 5.53. The zero-order valence-corrected chi connectivity index (χ0v) is 19.1. The average molecular weight is 431 g/mol. The summed E-state index contributed by atoms with van der Waals surface area (Å²) in [5, 5.41) is 10.3. The van der Waals surface area contributed by atoms with Gasteiger partial charge in [0.25, 0.3) is 0 Å². The number of methoxy groups -OCH3 is 2. The molecule has 2 heterocycles. The number of aromatic nitrogens is 3. The molecule has 6 nitrogen and oxygen atoms in total. The summed E-state index contributed by atoms with van der Waals surface area (Å²) >= 11 is 1.86. The van der Waals surface area contributed by atoms with Gasteiger partial charge in [-0.1, -0.05) is 37.4 Å². The molecule has 0 radical (unpaired) electrons. The molecule has 1 saturated heterocycles. The van der Waals surface area contributed by atoms with E-state index in [1.54, 1.807) is 14.2 Å². The first-order chi connectivity index (χ1) is 14.8. The molecule has 1 aromatic carbocycles. The third-order valence-corrected chi connectivity index (χ3v) is 7.26. The molecule has 0 bridgehead atoms. The quantitative estimate of drug-likeness (QED) is 0.547. The first-order valence-corrected chi connectivity index (χ1v) is 12.3. The molecule has 1 saturated carbocycles. The van der Waals surface area contributed by atoms with Crippen LogP contribution in [0.4, 0.5) is 0 Å². The maximum Gasteiger partial charge on any atom is 0.191 e. The van der Waals surface area contributed by atoms with Crippen LogP contribution in [0, 0.1) is 0 Å². The molecule has 1 aromatic heterocycles. The van der Waals surface area contributed by atoms with Crippen molar-refractivity contribution in [1.29, 1.82) is 0 Å². The van der Waals surface area contributed by atoms with Gasteiger partial charge in [0.15, 0.2) is 22.5 Å². The van der Waals surface area contributed by atoms with Gasteiger partial charge in [-0.25, -0.2) is 0 Å². The molecule has 0 unspecified atom stereocenters. The van der Waals surface area contributed by atoms with Crippen molar-refractivity contribution < 1.29 is 9.47 Å². The Balaban J connectivity index is 1.57. The van der Waals surface area contributed by atoms with Crippen molar-refractivity contribution >= 4 is 11.8 Å². The molecule has 164 valence electrons. The average Bonchev–Trinajstić information content (AvgIpc) is 3.23. The molecule has 30 heavy (non-hydrogen) atoms. The number of nitrogens with zero attached hydrogens (tertiary/aromatic N) is 4. The van der Waals surface area contributed by atoms with Crippen molar-refractivity contribution in [2.75, 3.05) is 39.6 Å². The number of piperidine rings is 1. The largest absolute Gasteiger partial charge is 0.493 e. The highest BCUT2D eigenvalue weighted by molar-refractivity contribution is 7.99. The number of ether oxygens (including phenoxy) is 2. The molecule has 4 rings (SSSR count). The van der Waals surface area contributed by atoms with E-state index in [2.05, 4.69) is 25.7 Å². The molecule has 0 spiro atoms. The van der Waals surface area contributed by atoms with Crippen molar-refractivity contribution in [2.45, 2.75) is 62.6 Å². The molecule has 0 amide bonds. The van der Waals surface area contributed by atoms with E-state index in [4.69, 9.17) is 9.47 Å². The van der Waals surface area contributed by atoms with Crippen LogP contribution in [-0.2, 0) is 0 Å². The standard InChI is InChI=1S/C23H34N4O2S/c1-28-20-12-11-18(17-21(20)29-2)22-24-25-23(27(22)19-9-5-3-6-10-19)30-16-15-26-13-7-4-8-14-26/h11-12,17,19H,3-10,13-16H2,1-2H3. The van der Waals surface area contributed by atoms with Gasteiger partial charge in [-0.2, -0.15) is 0 Å². The lowest BCUT2D eigenvalue weighted by molar-refractivity contribution is 0.242. The minimum atomic E-state index is 0.481. The summed E-state index contributed by atoms with van der Waals surface area (Å²) in [5.74, 6) is 3.48. The second kappa shape index (κ2) is 10.5. The molecule has 1 aliphatic heterocycles. The van der Waals surface area contributed by atoms with E-state index in [0.717, 1.165) is 40.3 Å². The summed E-state index contributed by atoms with van der Waals surface area (Å²) in [5.41, 5.74) is 1.04. The van der Waals surface area contributed by atoms with E-state index in [0.29, 0.717) is 6.04 Å². The SMILES string of the molecule is COc1ccc(-c2nnc(SCCN3CCCCC3)n2C2CCCCC2)cc1OC. The van der Waals surface area contributed by atoms with Crippen molar-refractivity contribution in [1.82, 2.24) is 19.7 Å². The van der Waals surface area contributed by atoms with Gasteiger partial charge in [-0.3, -0.25) is 4.57 Å². The topological polar surface area (TPSA) is 52.4 Å². The van der Waals surface area contributed by atoms with Gasteiger partial charge in [0.2, 0.25) is 0 Å². The van der Waals surface area contributed by atoms with E-state index in [1.807, 2.05) is 23.9 Å². The Kier molecular flexibility index (Phi) is 7.55. The van der Waals surface area contributed by atoms with Crippen LogP contribution in [0.15, 0.2) is 23.4 Å². The highest BCUT2D eigenvalue weighted by Crippen LogP contribution is 2.38. The molecule has 7 heteroatoms. The Hall–Kier alpha value is -1.73. The first-order valence-electron chi connectivity index (χ1n) is 11.3. The lowest BCUT2D eigenvalue weighted by Gasteiger charge is -2.27. The highest BCUT2D eigenvalue weighted by Gasteiger charge is 2.24. The molecule has 0 atom stereocenters. The number of benzene rings is 1. The minimum absolute atomic E-state index is 0.481. The summed E-state index contributed by atoms with van der Waals surface area (Å²) in [6, 6.07) is 6.52. The summed E-state index contributed by atoms with van der Waals surface area (Å²) < 4.78 is 13.3. The van der Waals surface area contributed by atoms with Gasteiger partial charge in [0, 0.05) is 23.9 Å². The van der Waals surface area contributed by atoms with Crippen LogP contribution in [0.2, 0.25) is 0 Å². The Bertz CT molecular complexity index is 814. The van der Waals surface area contributed by atoms with Gasteiger partial charge in [-0.15, -0.1) is 10.2 Å². The lowest BCUT2D eigenvalue weighted by atomic mass is 9.95. The van der Waals surface area contributed by atoms with E-state index in [-0.39, 0.29) is 0 Å². The minimum Gasteiger partial charge on any atom is -0.493 e. The third-order valence-electron chi connectivity index (χ3n) is 6.33. The Morgan fingerprint density at radius 3 is 2.40 bits per heavy atom. The first kappa shape index (κ1) is 21.5. The van der Waals surface area contributed by atoms with Gasteiger partial charge < -0.3 is 14.4 Å². The Labute approximate surface area is 184 Å². The van der Waals surface area contributed by atoms with E-state index < -0.39 is 0 Å². The van der Waals surface area contributed by atoms with Crippen LogP contribution >= 0.6 is 11.8 Å². The van der Waals surface area contributed by atoms with Crippen molar-refractivity contribution in [2.24, 2.45) is 0 Å². The van der Waals surface area contributed by atoms with E-state index in [1.165, 1.54) is 64.5 Å². The number of likely N-dealkylation sites (tertiary alicyclic amines) is 1. The molecular weight excluding hydrogens is 396 g/mol. The zero-order valence-electron chi connectivity index (χ0n) is 18.3. The third kappa shape index (κ3) is 4.94. The maximum absolute atomic E-state index is 5.53. The summed E-state index contributed by atoms with van der Waals surface area (Å²) in [6.45, 7) is 3.62. The van der Waals surface area contributed by atoms with Gasteiger partial charge in [0.1, 0.15) is 0 Å². The number of thioether (sulfide) groups is 1. The van der Waals surface area contributed by atoms with Gasteiger partial charge in [-0.05, 0) is 57.0 Å². The lowest BCUT2D eigenvalue weighted by Crippen LogP contribution is -2.31. The zero-order chi connectivity index (χ0) is 20.8. The van der Waals surface area contributed by atoms with Crippen LogP contribution in [0.25, 0.3) is 11.4 Å². The second-order valence-corrected chi connectivity index (χ2v) is 9.35. The van der Waals surface area contributed by atoms with Crippen LogP contribution in [-0.4, -0.2) is 59.3 Å². The fourth-order valence-corrected chi connectivity index (χ4v) is 5.67. The smallest absolute Gasteiger partial charge is 0.191 e. The Morgan fingerprint density at radius 2 is 1.67 bits per heavy atom. The van der Waals surface area contributed by atoms with Crippen LogP contribution < -0.4 is 9.47 Å². The normalized spacial score (nSPS) is 18.5. The van der Waals surface area contributed by atoms with Crippen molar-refractivity contribution in [3.63, 3.8) is 0 Å². The molecule has 1 aliphatic carbocycles. The highest BCUT2D eigenvalue weighted by atomic mass is 32.2.